The zero-order chi connectivity index (χ0) is 23.9. The van der Waals surface area contributed by atoms with Crippen molar-refractivity contribution >= 4 is 6.03 Å². The quantitative estimate of drug-likeness (QED) is 0.553. The van der Waals surface area contributed by atoms with Crippen molar-refractivity contribution in [3.8, 4) is 5.75 Å². The number of urea groups is 1. The number of ether oxygens (including phenoxy) is 1. The van der Waals surface area contributed by atoms with Crippen molar-refractivity contribution in [2.24, 2.45) is 0 Å². The van der Waals surface area contributed by atoms with E-state index in [0.29, 0.717) is 32.7 Å². The van der Waals surface area contributed by atoms with Crippen LogP contribution in [-0.4, -0.2) is 55.7 Å². The fraction of sp³-hybridized carbons (Fsp3) is 0.296. The molecule has 0 aliphatic carbocycles. The molecule has 3 aromatic rings. The Morgan fingerprint density at radius 3 is 1.88 bits per heavy atom. The van der Waals surface area contributed by atoms with E-state index in [9.17, 15) is 13.6 Å². The minimum atomic E-state index is -0.294. The highest BCUT2D eigenvalue weighted by Gasteiger charge is 2.28. The standard InChI is InChI=1S/C27H29F2N3O2/c1-34-25-12-2-20(3-13-25)14-15-30-27(33)32-18-16-31(17-19-32)26(21-4-8-23(28)9-5-21)22-6-10-24(29)11-7-22/h2-13,26H,14-19H2,1H3,(H,30,33). The van der Waals surface area contributed by atoms with Crippen LogP contribution in [0.25, 0.3) is 0 Å². The third-order valence-electron chi connectivity index (χ3n) is 6.19. The molecule has 0 radical (unpaired) electrons. The summed E-state index contributed by atoms with van der Waals surface area (Å²) in [6.07, 6.45) is 0.743. The van der Waals surface area contributed by atoms with Crippen molar-refractivity contribution in [3.05, 3.63) is 101 Å². The highest BCUT2D eigenvalue weighted by molar-refractivity contribution is 5.74. The maximum absolute atomic E-state index is 13.5. The Morgan fingerprint density at radius 1 is 0.853 bits per heavy atom. The van der Waals surface area contributed by atoms with E-state index in [1.165, 1.54) is 24.3 Å². The summed E-state index contributed by atoms with van der Waals surface area (Å²) in [5.74, 6) is 0.223. The Kier molecular flexibility index (Phi) is 7.75. The summed E-state index contributed by atoms with van der Waals surface area (Å²) in [5.41, 5.74) is 3.00. The summed E-state index contributed by atoms with van der Waals surface area (Å²) >= 11 is 0. The lowest BCUT2D eigenvalue weighted by Gasteiger charge is -2.39. The lowest BCUT2D eigenvalue weighted by atomic mass is 9.96. The highest BCUT2D eigenvalue weighted by atomic mass is 19.1. The summed E-state index contributed by atoms with van der Waals surface area (Å²) in [7, 11) is 1.64. The van der Waals surface area contributed by atoms with Crippen LogP contribution in [-0.2, 0) is 6.42 Å². The van der Waals surface area contributed by atoms with Crippen LogP contribution >= 0.6 is 0 Å². The number of halogens is 2. The van der Waals surface area contributed by atoms with Gasteiger partial charge >= 0.3 is 6.03 Å². The van der Waals surface area contributed by atoms with Gasteiger partial charge in [0, 0.05) is 32.7 Å². The number of rotatable bonds is 7. The average molecular weight is 466 g/mol. The van der Waals surface area contributed by atoms with Gasteiger partial charge in [0.2, 0.25) is 0 Å². The molecular weight excluding hydrogens is 436 g/mol. The van der Waals surface area contributed by atoms with E-state index in [-0.39, 0.29) is 23.7 Å². The van der Waals surface area contributed by atoms with Crippen LogP contribution < -0.4 is 10.1 Å². The normalized spacial score (nSPS) is 14.3. The molecule has 1 fully saturated rings. The molecule has 1 aliphatic heterocycles. The summed E-state index contributed by atoms with van der Waals surface area (Å²) in [6.45, 7) is 3.02. The van der Waals surface area contributed by atoms with E-state index in [4.69, 9.17) is 4.74 Å². The topological polar surface area (TPSA) is 44.8 Å². The highest BCUT2D eigenvalue weighted by Crippen LogP contribution is 2.30. The fourth-order valence-electron chi connectivity index (χ4n) is 4.31. The van der Waals surface area contributed by atoms with Crippen molar-refractivity contribution in [1.29, 1.82) is 0 Å². The van der Waals surface area contributed by atoms with E-state index in [0.717, 1.165) is 28.9 Å². The number of piperazine rings is 1. The van der Waals surface area contributed by atoms with Crippen LogP contribution in [0.5, 0.6) is 5.75 Å². The molecule has 0 atom stereocenters. The van der Waals surface area contributed by atoms with Gasteiger partial charge in [0.05, 0.1) is 13.2 Å². The molecule has 7 heteroatoms. The first-order chi connectivity index (χ1) is 16.5. The maximum Gasteiger partial charge on any atom is 0.317 e. The van der Waals surface area contributed by atoms with Gasteiger partial charge in [0.25, 0.3) is 0 Å². The van der Waals surface area contributed by atoms with Crippen LogP contribution in [0.2, 0.25) is 0 Å². The first-order valence-corrected chi connectivity index (χ1v) is 11.4. The van der Waals surface area contributed by atoms with E-state index < -0.39 is 0 Å². The predicted octanol–water partition coefficient (Wildman–Crippen LogP) is 4.63. The Hall–Kier alpha value is -3.45. The molecule has 34 heavy (non-hydrogen) atoms. The van der Waals surface area contributed by atoms with Gasteiger partial charge in [0.1, 0.15) is 17.4 Å². The lowest BCUT2D eigenvalue weighted by Crippen LogP contribution is -2.52. The fourth-order valence-corrected chi connectivity index (χ4v) is 4.31. The van der Waals surface area contributed by atoms with Gasteiger partial charge in [-0.3, -0.25) is 4.90 Å². The molecule has 4 rings (SSSR count). The first-order valence-electron chi connectivity index (χ1n) is 11.4. The largest absolute Gasteiger partial charge is 0.497 e. The van der Waals surface area contributed by atoms with Crippen molar-refractivity contribution in [2.75, 3.05) is 39.8 Å². The Bertz CT molecular complexity index is 1020. The van der Waals surface area contributed by atoms with Gasteiger partial charge in [-0.15, -0.1) is 0 Å². The summed E-state index contributed by atoms with van der Waals surface area (Å²) < 4.78 is 32.2. The second-order valence-corrected chi connectivity index (χ2v) is 8.36. The second kappa shape index (κ2) is 11.1. The Morgan fingerprint density at radius 2 is 1.38 bits per heavy atom. The van der Waals surface area contributed by atoms with Gasteiger partial charge in [0.15, 0.2) is 0 Å². The van der Waals surface area contributed by atoms with Gasteiger partial charge in [-0.2, -0.15) is 0 Å². The SMILES string of the molecule is COc1ccc(CCNC(=O)N2CCN(C(c3ccc(F)cc3)c3ccc(F)cc3)CC2)cc1. The van der Waals surface area contributed by atoms with Crippen LogP contribution in [0.1, 0.15) is 22.7 Å². The van der Waals surface area contributed by atoms with E-state index >= 15 is 0 Å². The molecule has 0 unspecified atom stereocenters. The van der Waals surface area contributed by atoms with Crippen LogP contribution in [0.3, 0.4) is 0 Å². The molecule has 0 aromatic heterocycles. The molecule has 1 aliphatic rings. The Balaban J connectivity index is 1.34. The van der Waals surface area contributed by atoms with Crippen molar-refractivity contribution in [3.63, 3.8) is 0 Å². The molecule has 0 saturated carbocycles. The van der Waals surface area contributed by atoms with Gasteiger partial charge < -0.3 is 15.0 Å². The minimum absolute atomic E-state index is 0.0757. The number of nitrogens with one attached hydrogen (secondary N) is 1. The maximum atomic E-state index is 13.5. The third-order valence-corrected chi connectivity index (χ3v) is 6.19. The third kappa shape index (κ3) is 5.91. The Labute approximate surface area is 198 Å². The lowest BCUT2D eigenvalue weighted by molar-refractivity contribution is 0.120. The molecule has 5 nitrogen and oxygen atoms in total. The number of carbonyl (C=O) groups excluding carboxylic acids is 1. The number of nitrogens with zero attached hydrogens (tertiary/aromatic N) is 2. The summed E-state index contributed by atoms with van der Waals surface area (Å²) in [4.78, 5) is 16.7. The molecule has 2 amide bonds. The number of hydrogen-bond acceptors (Lipinski definition) is 3. The minimum Gasteiger partial charge on any atom is -0.497 e. The molecule has 1 heterocycles. The van der Waals surface area contributed by atoms with Gasteiger partial charge in [-0.05, 0) is 59.5 Å². The van der Waals surface area contributed by atoms with Crippen LogP contribution in [0, 0.1) is 11.6 Å². The average Bonchev–Trinajstić information content (AvgIpc) is 2.87. The first kappa shape index (κ1) is 23.7. The molecular formula is C27H29F2N3O2. The van der Waals surface area contributed by atoms with Gasteiger partial charge in [-0.1, -0.05) is 36.4 Å². The smallest absolute Gasteiger partial charge is 0.317 e. The van der Waals surface area contributed by atoms with Gasteiger partial charge in [-0.25, -0.2) is 13.6 Å². The van der Waals surface area contributed by atoms with Crippen molar-refractivity contribution in [1.82, 2.24) is 15.1 Å². The molecule has 3 aromatic carbocycles. The second-order valence-electron chi connectivity index (χ2n) is 8.36. The number of benzene rings is 3. The van der Waals surface area contributed by atoms with E-state index in [1.807, 2.05) is 29.2 Å². The summed E-state index contributed by atoms with van der Waals surface area (Å²) in [5, 5.41) is 3.00. The molecule has 178 valence electrons. The summed E-state index contributed by atoms with van der Waals surface area (Å²) in [6, 6.07) is 20.4. The van der Waals surface area contributed by atoms with E-state index in [2.05, 4.69) is 10.2 Å². The molecule has 1 N–H and O–H groups in total. The van der Waals surface area contributed by atoms with Crippen LogP contribution in [0.15, 0.2) is 72.8 Å². The van der Waals surface area contributed by atoms with Crippen molar-refractivity contribution in [2.45, 2.75) is 12.5 Å². The number of methoxy groups -OCH3 is 1. The molecule has 1 saturated heterocycles. The van der Waals surface area contributed by atoms with E-state index in [1.54, 1.807) is 31.4 Å². The number of carbonyl (C=O) groups is 1. The van der Waals surface area contributed by atoms with Crippen molar-refractivity contribution < 1.29 is 18.3 Å². The number of hydrogen-bond donors (Lipinski definition) is 1. The predicted molar refractivity (Wildman–Crippen MR) is 128 cm³/mol. The molecule has 0 spiro atoms. The zero-order valence-corrected chi connectivity index (χ0v) is 19.2. The van der Waals surface area contributed by atoms with Crippen LogP contribution in [0.4, 0.5) is 13.6 Å². The monoisotopic (exact) mass is 465 g/mol. The zero-order valence-electron chi connectivity index (χ0n) is 19.2. The molecule has 0 bridgehead atoms. The number of amides is 2.